The van der Waals surface area contributed by atoms with Gasteiger partial charge in [0.2, 0.25) is 0 Å². The Morgan fingerprint density at radius 2 is 2.16 bits per heavy atom. The van der Waals surface area contributed by atoms with Crippen LogP contribution in [-0.2, 0) is 0 Å². The number of halogens is 1. The number of methoxy groups -OCH3 is 1. The van der Waals surface area contributed by atoms with Crippen LogP contribution < -0.4 is 10.5 Å². The van der Waals surface area contributed by atoms with E-state index in [-0.39, 0.29) is 5.75 Å². The Bertz CT molecular complexity index is 620. The lowest BCUT2D eigenvalue weighted by Gasteiger charge is -2.10. The number of anilines is 1. The Morgan fingerprint density at radius 1 is 1.37 bits per heavy atom. The van der Waals surface area contributed by atoms with Gasteiger partial charge in [-0.05, 0) is 29.8 Å². The van der Waals surface area contributed by atoms with Crippen molar-refractivity contribution in [3.63, 3.8) is 0 Å². The van der Waals surface area contributed by atoms with E-state index in [0.29, 0.717) is 16.9 Å². The summed E-state index contributed by atoms with van der Waals surface area (Å²) in [5.74, 6) is -0.998. The van der Waals surface area contributed by atoms with Crippen LogP contribution in [-0.4, -0.2) is 12.1 Å². The zero-order valence-corrected chi connectivity index (χ0v) is 10.3. The highest BCUT2D eigenvalue weighted by Crippen LogP contribution is 2.26. The molecule has 0 saturated heterocycles. The van der Waals surface area contributed by atoms with E-state index < -0.39 is 11.7 Å². The van der Waals surface area contributed by atoms with E-state index in [9.17, 15) is 9.65 Å². The van der Waals surface area contributed by atoms with Crippen LogP contribution in [0.5, 0.6) is 5.75 Å². The van der Waals surface area contributed by atoms with Gasteiger partial charge in [-0.15, -0.1) is 0 Å². The third-order valence-electron chi connectivity index (χ3n) is 2.74. The normalized spacial score (nSPS) is 11.6. The standard InChI is InChI=1S/C14H12FN3O/c1-19-14-5-2-9(6-12(14)15)11(7-16)13-4-3-10(17)8-18-13/h2-6,8,11H,17H2,1H3. The SMILES string of the molecule is COc1ccc(C(C#N)c2ccc(N)cn2)cc1F. The van der Waals surface area contributed by atoms with Crippen LogP contribution in [0.2, 0.25) is 0 Å². The van der Waals surface area contributed by atoms with Crippen LogP contribution in [0.1, 0.15) is 17.2 Å². The smallest absolute Gasteiger partial charge is 0.165 e. The van der Waals surface area contributed by atoms with Gasteiger partial charge in [0.1, 0.15) is 5.92 Å². The minimum atomic E-state index is -0.638. The average molecular weight is 257 g/mol. The second kappa shape index (κ2) is 5.36. The zero-order chi connectivity index (χ0) is 13.8. The maximum absolute atomic E-state index is 13.7. The number of nitrogens with two attached hydrogens (primary N) is 1. The lowest BCUT2D eigenvalue weighted by Crippen LogP contribution is -2.02. The van der Waals surface area contributed by atoms with Gasteiger partial charge in [0, 0.05) is 0 Å². The molecule has 5 heteroatoms. The molecule has 2 N–H and O–H groups in total. The third kappa shape index (κ3) is 2.63. The van der Waals surface area contributed by atoms with Crippen LogP contribution in [0, 0.1) is 17.1 Å². The monoisotopic (exact) mass is 257 g/mol. The van der Waals surface area contributed by atoms with Gasteiger partial charge >= 0.3 is 0 Å². The molecule has 96 valence electrons. The Kier molecular flexibility index (Phi) is 3.62. The van der Waals surface area contributed by atoms with Gasteiger partial charge in [0.15, 0.2) is 11.6 Å². The van der Waals surface area contributed by atoms with Crippen molar-refractivity contribution in [3.8, 4) is 11.8 Å². The molecule has 0 radical (unpaired) electrons. The first-order chi connectivity index (χ1) is 9.15. The molecule has 0 aliphatic heterocycles. The van der Waals surface area contributed by atoms with Gasteiger partial charge in [-0.2, -0.15) is 5.26 Å². The number of benzene rings is 1. The molecule has 0 spiro atoms. The first-order valence-electron chi connectivity index (χ1n) is 5.60. The van der Waals surface area contributed by atoms with Crippen molar-refractivity contribution in [1.82, 2.24) is 4.98 Å². The summed E-state index contributed by atoms with van der Waals surface area (Å²) < 4.78 is 18.5. The fourth-order valence-corrected chi connectivity index (χ4v) is 1.76. The van der Waals surface area contributed by atoms with E-state index in [1.807, 2.05) is 0 Å². The summed E-state index contributed by atoms with van der Waals surface area (Å²) in [6, 6.07) is 9.85. The number of pyridine rings is 1. The molecule has 2 rings (SSSR count). The fraction of sp³-hybridized carbons (Fsp3) is 0.143. The van der Waals surface area contributed by atoms with E-state index in [4.69, 9.17) is 10.5 Å². The van der Waals surface area contributed by atoms with Crippen molar-refractivity contribution < 1.29 is 9.13 Å². The second-order valence-electron chi connectivity index (χ2n) is 3.97. The topological polar surface area (TPSA) is 71.9 Å². The molecule has 1 atom stereocenters. The van der Waals surface area contributed by atoms with E-state index in [0.717, 1.165) is 0 Å². The second-order valence-corrected chi connectivity index (χ2v) is 3.97. The van der Waals surface area contributed by atoms with Crippen LogP contribution in [0.3, 0.4) is 0 Å². The van der Waals surface area contributed by atoms with Gasteiger partial charge in [0.05, 0.1) is 30.8 Å². The summed E-state index contributed by atoms with van der Waals surface area (Å²) in [6.45, 7) is 0. The molecule has 0 aliphatic carbocycles. The van der Waals surface area contributed by atoms with Gasteiger partial charge < -0.3 is 10.5 Å². The largest absolute Gasteiger partial charge is 0.494 e. The first kappa shape index (κ1) is 12.8. The van der Waals surface area contributed by atoms with E-state index in [1.165, 1.54) is 25.4 Å². The summed E-state index contributed by atoms with van der Waals surface area (Å²) in [5, 5.41) is 9.24. The summed E-state index contributed by atoms with van der Waals surface area (Å²) in [4.78, 5) is 4.10. The maximum atomic E-state index is 13.7. The van der Waals surface area contributed by atoms with Gasteiger partial charge in [-0.3, -0.25) is 4.98 Å². The molecule has 0 aliphatic rings. The highest BCUT2D eigenvalue weighted by Gasteiger charge is 2.16. The average Bonchev–Trinajstić information content (AvgIpc) is 2.42. The molecule has 2 aromatic rings. The summed E-state index contributed by atoms with van der Waals surface area (Å²) in [6.07, 6.45) is 1.47. The van der Waals surface area contributed by atoms with Crippen LogP contribution in [0.4, 0.5) is 10.1 Å². The predicted octanol–water partition coefficient (Wildman–Crippen LogP) is 2.47. The molecular formula is C14H12FN3O. The lowest BCUT2D eigenvalue weighted by molar-refractivity contribution is 0.386. The Labute approximate surface area is 110 Å². The number of rotatable bonds is 3. The summed E-state index contributed by atoms with van der Waals surface area (Å²) in [5.41, 5.74) is 7.12. The highest BCUT2D eigenvalue weighted by molar-refractivity contribution is 5.42. The number of nitrogen functional groups attached to an aromatic ring is 1. The minimum absolute atomic E-state index is 0.144. The first-order valence-corrected chi connectivity index (χ1v) is 5.60. The molecule has 1 unspecified atom stereocenters. The molecule has 1 aromatic heterocycles. The van der Waals surface area contributed by atoms with Crippen molar-refractivity contribution in [2.24, 2.45) is 0 Å². The molecule has 19 heavy (non-hydrogen) atoms. The van der Waals surface area contributed by atoms with Crippen molar-refractivity contribution in [1.29, 1.82) is 5.26 Å². The Morgan fingerprint density at radius 3 is 2.68 bits per heavy atom. The lowest BCUT2D eigenvalue weighted by atomic mass is 9.96. The van der Waals surface area contributed by atoms with Crippen LogP contribution >= 0.6 is 0 Å². The van der Waals surface area contributed by atoms with E-state index in [1.54, 1.807) is 18.2 Å². The predicted molar refractivity (Wildman–Crippen MR) is 69.1 cm³/mol. The number of hydrogen-bond donors (Lipinski definition) is 1. The maximum Gasteiger partial charge on any atom is 0.165 e. The van der Waals surface area contributed by atoms with Crippen LogP contribution in [0.15, 0.2) is 36.5 Å². The summed E-state index contributed by atoms with van der Waals surface area (Å²) >= 11 is 0. The molecule has 0 bridgehead atoms. The van der Waals surface area contributed by atoms with Gasteiger partial charge in [-0.25, -0.2) is 4.39 Å². The molecule has 0 fully saturated rings. The van der Waals surface area contributed by atoms with E-state index in [2.05, 4.69) is 11.1 Å². The highest BCUT2D eigenvalue weighted by atomic mass is 19.1. The summed E-state index contributed by atoms with van der Waals surface area (Å²) in [7, 11) is 1.39. The quantitative estimate of drug-likeness (QED) is 0.916. The van der Waals surface area contributed by atoms with E-state index >= 15 is 0 Å². The number of aromatic nitrogens is 1. The minimum Gasteiger partial charge on any atom is -0.494 e. The number of ether oxygens (including phenoxy) is 1. The molecular weight excluding hydrogens is 245 g/mol. The molecule has 1 aromatic carbocycles. The van der Waals surface area contributed by atoms with Crippen molar-refractivity contribution in [2.75, 3.05) is 12.8 Å². The third-order valence-corrected chi connectivity index (χ3v) is 2.74. The number of hydrogen-bond acceptors (Lipinski definition) is 4. The van der Waals surface area contributed by atoms with Crippen LogP contribution in [0.25, 0.3) is 0 Å². The number of nitrogens with zero attached hydrogens (tertiary/aromatic N) is 2. The van der Waals surface area contributed by atoms with Gasteiger partial charge in [0.25, 0.3) is 0 Å². The molecule has 4 nitrogen and oxygen atoms in total. The van der Waals surface area contributed by atoms with Crippen molar-refractivity contribution in [3.05, 3.63) is 53.6 Å². The Hall–Kier alpha value is -2.61. The molecule has 1 heterocycles. The molecule has 0 saturated carbocycles. The van der Waals surface area contributed by atoms with Crippen molar-refractivity contribution in [2.45, 2.75) is 5.92 Å². The number of nitriles is 1. The molecule has 0 amide bonds. The van der Waals surface area contributed by atoms with Gasteiger partial charge in [-0.1, -0.05) is 6.07 Å². The fourth-order valence-electron chi connectivity index (χ4n) is 1.76. The van der Waals surface area contributed by atoms with Crippen molar-refractivity contribution >= 4 is 5.69 Å². The zero-order valence-electron chi connectivity index (χ0n) is 10.3. The Balaban J connectivity index is 2.40.